The third-order valence-corrected chi connectivity index (χ3v) is 6.05. The van der Waals surface area contributed by atoms with Crippen molar-refractivity contribution in [1.29, 1.82) is 0 Å². The van der Waals surface area contributed by atoms with Crippen LogP contribution in [0.1, 0.15) is 54.9 Å². The Hall–Kier alpha value is -2.41. The molecule has 1 amide bonds. The van der Waals surface area contributed by atoms with Crippen LogP contribution in [0.4, 0.5) is 0 Å². The molecule has 1 aromatic carbocycles. The van der Waals surface area contributed by atoms with Gasteiger partial charge in [0.2, 0.25) is 0 Å². The molecule has 0 bridgehead atoms. The Kier molecular flexibility index (Phi) is 6.34. The van der Waals surface area contributed by atoms with Crippen molar-refractivity contribution in [1.82, 2.24) is 25.9 Å². The van der Waals surface area contributed by atoms with Crippen LogP contribution in [0.2, 0.25) is 0 Å². The number of hydrogen-bond donors (Lipinski definition) is 3. The van der Waals surface area contributed by atoms with Gasteiger partial charge in [0.05, 0.1) is 22.6 Å². The first-order valence-corrected chi connectivity index (χ1v) is 10.3. The summed E-state index contributed by atoms with van der Waals surface area (Å²) in [7, 11) is 0. The lowest BCUT2D eigenvalue weighted by molar-refractivity contribution is 0.0942. The molecular formula is C21H29N5OS. The molecule has 2 aromatic rings. The van der Waals surface area contributed by atoms with E-state index in [2.05, 4.69) is 35.1 Å². The topological polar surface area (TPSA) is 71.0 Å². The largest absolute Gasteiger partial charge is 0.358 e. The van der Waals surface area contributed by atoms with Crippen LogP contribution in [0, 0.1) is 25.7 Å². The van der Waals surface area contributed by atoms with E-state index in [0.717, 1.165) is 17.8 Å². The maximum Gasteiger partial charge on any atom is 0.273 e. The average Bonchev–Trinajstić information content (AvgIpc) is 2.98. The number of thiocarbonyl (C=S) groups is 1. The fraction of sp³-hybridized carbons (Fsp3) is 0.476. The number of nitrogens with one attached hydrogen (secondary N) is 3. The minimum Gasteiger partial charge on any atom is -0.358 e. The fourth-order valence-corrected chi connectivity index (χ4v) is 4.16. The summed E-state index contributed by atoms with van der Waals surface area (Å²) < 4.78 is 1.78. The van der Waals surface area contributed by atoms with Gasteiger partial charge in [-0.05, 0) is 56.5 Å². The van der Waals surface area contributed by atoms with Gasteiger partial charge in [-0.2, -0.15) is 5.10 Å². The van der Waals surface area contributed by atoms with Gasteiger partial charge in [-0.1, -0.05) is 44.9 Å². The molecule has 3 N–H and O–H groups in total. The molecule has 150 valence electrons. The number of hydrazine groups is 1. The highest BCUT2D eigenvalue weighted by Gasteiger charge is 2.27. The summed E-state index contributed by atoms with van der Waals surface area (Å²) >= 11 is 5.38. The van der Waals surface area contributed by atoms with E-state index in [9.17, 15) is 4.79 Å². The summed E-state index contributed by atoms with van der Waals surface area (Å²) in [4.78, 5) is 12.7. The van der Waals surface area contributed by atoms with Crippen LogP contribution < -0.4 is 16.2 Å². The van der Waals surface area contributed by atoms with Crippen LogP contribution in [-0.2, 0) is 0 Å². The SMILES string of the molecule is Cc1nn(-c2ccccc2)c(C)c1C(=O)NNC(=S)N[C@H]1CCC[C@H](C)[C@@H]1C. The van der Waals surface area contributed by atoms with Crippen LogP contribution in [0.15, 0.2) is 30.3 Å². The van der Waals surface area contributed by atoms with Crippen molar-refractivity contribution in [2.45, 2.75) is 53.0 Å². The van der Waals surface area contributed by atoms with E-state index < -0.39 is 0 Å². The van der Waals surface area contributed by atoms with Crippen molar-refractivity contribution in [3.05, 3.63) is 47.3 Å². The number of hydrogen-bond acceptors (Lipinski definition) is 3. The minimum absolute atomic E-state index is 0.244. The number of carbonyl (C=O) groups is 1. The Morgan fingerprint density at radius 1 is 1.14 bits per heavy atom. The van der Waals surface area contributed by atoms with Gasteiger partial charge in [-0.3, -0.25) is 15.6 Å². The average molecular weight is 400 g/mol. The highest BCUT2D eigenvalue weighted by Crippen LogP contribution is 2.29. The molecule has 0 radical (unpaired) electrons. The van der Waals surface area contributed by atoms with Gasteiger partial charge in [0.1, 0.15) is 0 Å². The molecule has 1 aromatic heterocycles. The summed E-state index contributed by atoms with van der Waals surface area (Å²) in [5.41, 5.74) is 8.51. The van der Waals surface area contributed by atoms with E-state index in [1.54, 1.807) is 4.68 Å². The Labute approximate surface area is 172 Å². The van der Waals surface area contributed by atoms with Crippen molar-refractivity contribution in [2.24, 2.45) is 11.8 Å². The smallest absolute Gasteiger partial charge is 0.273 e. The van der Waals surface area contributed by atoms with E-state index in [1.165, 1.54) is 12.8 Å². The molecule has 0 saturated heterocycles. The first-order chi connectivity index (χ1) is 13.4. The van der Waals surface area contributed by atoms with Gasteiger partial charge < -0.3 is 5.32 Å². The van der Waals surface area contributed by atoms with E-state index in [0.29, 0.717) is 34.2 Å². The number of para-hydroxylation sites is 1. The van der Waals surface area contributed by atoms with Crippen LogP contribution in [-0.4, -0.2) is 26.8 Å². The Morgan fingerprint density at radius 2 is 1.86 bits per heavy atom. The number of aromatic nitrogens is 2. The van der Waals surface area contributed by atoms with Gasteiger partial charge in [-0.25, -0.2) is 4.68 Å². The molecule has 0 spiro atoms. The zero-order chi connectivity index (χ0) is 20.3. The normalized spacial score (nSPS) is 21.8. The zero-order valence-electron chi connectivity index (χ0n) is 17.0. The lowest BCUT2D eigenvalue weighted by Gasteiger charge is -2.35. The second kappa shape index (κ2) is 8.73. The van der Waals surface area contributed by atoms with E-state index in [1.807, 2.05) is 44.2 Å². The van der Waals surface area contributed by atoms with Crippen LogP contribution in [0.25, 0.3) is 5.69 Å². The molecule has 3 atom stereocenters. The monoisotopic (exact) mass is 399 g/mol. The van der Waals surface area contributed by atoms with Gasteiger partial charge in [-0.15, -0.1) is 0 Å². The molecule has 0 unspecified atom stereocenters. The summed E-state index contributed by atoms with van der Waals surface area (Å²) in [6.07, 6.45) is 3.57. The molecule has 1 aliphatic carbocycles. The number of benzene rings is 1. The van der Waals surface area contributed by atoms with Crippen molar-refractivity contribution < 1.29 is 4.79 Å². The Balaban J connectivity index is 1.62. The first-order valence-electron chi connectivity index (χ1n) is 9.87. The van der Waals surface area contributed by atoms with Crippen LogP contribution >= 0.6 is 12.2 Å². The summed E-state index contributed by atoms with van der Waals surface area (Å²) in [5.74, 6) is 0.988. The summed E-state index contributed by atoms with van der Waals surface area (Å²) in [6.45, 7) is 8.27. The van der Waals surface area contributed by atoms with Gasteiger partial charge in [0.15, 0.2) is 5.11 Å². The molecule has 1 fully saturated rings. The minimum atomic E-state index is -0.244. The molecule has 3 rings (SSSR count). The lowest BCUT2D eigenvalue weighted by Crippen LogP contribution is -2.52. The maximum absolute atomic E-state index is 12.7. The maximum atomic E-state index is 12.7. The van der Waals surface area contributed by atoms with E-state index in [4.69, 9.17) is 12.2 Å². The van der Waals surface area contributed by atoms with Crippen molar-refractivity contribution in [3.63, 3.8) is 0 Å². The van der Waals surface area contributed by atoms with Gasteiger partial charge in [0.25, 0.3) is 5.91 Å². The molecule has 28 heavy (non-hydrogen) atoms. The molecule has 0 aliphatic heterocycles. The summed E-state index contributed by atoms with van der Waals surface area (Å²) in [5, 5.41) is 8.32. The molecule has 1 aliphatic rings. The second-order valence-electron chi connectivity index (χ2n) is 7.72. The molecule has 7 heteroatoms. The fourth-order valence-electron chi connectivity index (χ4n) is 3.96. The van der Waals surface area contributed by atoms with Crippen molar-refractivity contribution in [2.75, 3.05) is 0 Å². The molecular weight excluding hydrogens is 370 g/mol. The predicted molar refractivity (Wildman–Crippen MR) is 115 cm³/mol. The van der Waals surface area contributed by atoms with Gasteiger partial charge >= 0.3 is 0 Å². The number of amides is 1. The number of carbonyl (C=O) groups excluding carboxylic acids is 1. The van der Waals surface area contributed by atoms with Crippen molar-refractivity contribution in [3.8, 4) is 5.69 Å². The second-order valence-corrected chi connectivity index (χ2v) is 8.13. The standard InChI is InChI=1S/C21H29N5OS/c1-13-9-8-12-18(14(13)2)22-21(28)24-23-20(27)19-15(3)25-26(16(19)4)17-10-6-5-7-11-17/h5-7,10-11,13-14,18H,8-9,12H2,1-4H3,(H,23,27)(H2,22,24,28)/t13-,14-,18-/m0/s1. The van der Waals surface area contributed by atoms with Crippen LogP contribution in [0.5, 0.6) is 0 Å². The zero-order valence-corrected chi connectivity index (χ0v) is 17.8. The van der Waals surface area contributed by atoms with E-state index >= 15 is 0 Å². The van der Waals surface area contributed by atoms with E-state index in [-0.39, 0.29) is 5.91 Å². The van der Waals surface area contributed by atoms with Crippen molar-refractivity contribution >= 4 is 23.2 Å². The molecule has 1 saturated carbocycles. The van der Waals surface area contributed by atoms with Gasteiger partial charge in [0, 0.05) is 6.04 Å². The first kappa shape index (κ1) is 20.3. The lowest BCUT2D eigenvalue weighted by atomic mass is 9.78. The predicted octanol–water partition coefficient (Wildman–Crippen LogP) is 3.42. The van der Waals surface area contributed by atoms with Crippen LogP contribution in [0.3, 0.4) is 0 Å². The number of nitrogens with zero attached hydrogens (tertiary/aromatic N) is 2. The quantitative estimate of drug-likeness (QED) is 0.545. The molecule has 6 nitrogen and oxygen atoms in total. The highest BCUT2D eigenvalue weighted by atomic mass is 32.1. The number of aryl methyl sites for hydroxylation is 1. The Morgan fingerprint density at radius 3 is 2.57 bits per heavy atom. The Bertz CT molecular complexity index is 848. The third-order valence-electron chi connectivity index (χ3n) is 5.83. The number of rotatable bonds is 3. The molecule has 1 heterocycles. The summed E-state index contributed by atoms with van der Waals surface area (Å²) in [6, 6.07) is 10.1. The highest BCUT2D eigenvalue weighted by molar-refractivity contribution is 7.80. The third kappa shape index (κ3) is 4.35.